The lowest BCUT2D eigenvalue weighted by Gasteiger charge is -2.20. The second kappa shape index (κ2) is 5.95. The van der Waals surface area contributed by atoms with Crippen molar-refractivity contribution in [2.24, 2.45) is 0 Å². The quantitative estimate of drug-likeness (QED) is 0.775. The fraction of sp³-hybridized carbons (Fsp3) is 0.333. The van der Waals surface area contributed by atoms with Gasteiger partial charge in [-0.3, -0.25) is 0 Å². The van der Waals surface area contributed by atoms with Gasteiger partial charge in [0.1, 0.15) is 5.82 Å². The highest BCUT2D eigenvalue weighted by atomic mass is 79.9. The normalized spacial score (nSPS) is 11.8. The first-order chi connectivity index (χ1) is 8.28. The molecule has 0 heterocycles. The van der Waals surface area contributed by atoms with Gasteiger partial charge in [-0.25, -0.2) is 12.8 Å². The standard InChI is InChI=1S/C12H15BrFNO2S/c1-4-15(8-9(2)3)18(16,17)10-5-6-11(13)12(14)7-10/h5-7H,2,4,8H2,1,3H3. The number of likely N-dealkylation sites (N-methyl/N-ethyl adjacent to an activating group) is 1. The highest BCUT2D eigenvalue weighted by Crippen LogP contribution is 2.22. The molecule has 0 saturated heterocycles. The van der Waals surface area contributed by atoms with E-state index in [1.54, 1.807) is 13.8 Å². The highest BCUT2D eigenvalue weighted by Gasteiger charge is 2.23. The summed E-state index contributed by atoms with van der Waals surface area (Å²) in [5.74, 6) is -0.595. The number of hydrogen-bond acceptors (Lipinski definition) is 2. The van der Waals surface area contributed by atoms with E-state index in [9.17, 15) is 12.8 Å². The molecule has 0 aliphatic heterocycles. The van der Waals surface area contributed by atoms with Crippen LogP contribution in [0.2, 0.25) is 0 Å². The van der Waals surface area contributed by atoms with Crippen LogP contribution in [0.4, 0.5) is 4.39 Å². The molecule has 3 nitrogen and oxygen atoms in total. The Hall–Kier alpha value is -0.720. The molecule has 100 valence electrons. The molecule has 0 radical (unpaired) electrons. The van der Waals surface area contributed by atoms with E-state index in [1.807, 2.05) is 0 Å². The largest absolute Gasteiger partial charge is 0.243 e. The fourth-order valence-electron chi connectivity index (χ4n) is 1.45. The minimum Gasteiger partial charge on any atom is -0.207 e. The Balaban J connectivity index is 3.18. The van der Waals surface area contributed by atoms with Gasteiger partial charge < -0.3 is 0 Å². The summed E-state index contributed by atoms with van der Waals surface area (Å²) in [7, 11) is -3.67. The monoisotopic (exact) mass is 335 g/mol. The van der Waals surface area contributed by atoms with Gasteiger partial charge in [0, 0.05) is 13.1 Å². The molecule has 0 atom stereocenters. The van der Waals surface area contributed by atoms with E-state index < -0.39 is 15.8 Å². The summed E-state index contributed by atoms with van der Waals surface area (Å²) in [5.41, 5.74) is 0.734. The summed E-state index contributed by atoms with van der Waals surface area (Å²) in [5, 5.41) is 0. The molecular formula is C12H15BrFNO2S. The van der Waals surface area contributed by atoms with E-state index in [-0.39, 0.29) is 15.9 Å². The zero-order valence-electron chi connectivity index (χ0n) is 10.3. The summed E-state index contributed by atoms with van der Waals surface area (Å²) in [6.45, 7) is 7.72. The second-order valence-electron chi connectivity index (χ2n) is 3.96. The van der Waals surface area contributed by atoms with Crippen molar-refractivity contribution >= 4 is 26.0 Å². The van der Waals surface area contributed by atoms with Crippen molar-refractivity contribution in [1.82, 2.24) is 4.31 Å². The van der Waals surface area contributed by atoms with Crippen LogP contribution in [0.3, 0.4) is 0 Å². The highest BCUT2D eigenvalue weighted by molar-refractivity contribution is 9.10. The van der Waals surface area contributed by atoms with Gasteiger partial charge in [0.15, 0.2) is 0 Å². The third-order valence-electron chi connectivity index (χ3n) is 2.33. The molecule has 0 spiro atoms. The number of halogens is 2. The lowest BCUT2D eigenvalue weighted by Crippen LogP contribution is -2.32. The van der Waals surface area contributed by atoms with E-state index in [2.05, 4.69) is 22.5 Å². The minimum atomic E-state index is -3.67. The molecule has 0 N–H and O–H groups in total. The summed E-state index contributed by atoms with van der Waals surface area (Å²) < 4.78 is 39.4. The zero-order chi connectivity index (χ0) is 13.9. The van der Waals surface area contributed by atoms with Crippen LogP contribution in [0.25, 0.3) is 0 Å². The van der Waals surface area contributed by atoms with E-state index in [0.29, 0.717) is 6.54 Å². The molecule has 0 saturated carbocycles. The average Bonchev–Trinajstić information content (AvgIpc) is 2.28. The summed E-state index contributed by atoms with van der Waals surface area (Å²) in [4.78, 5) is -0.0497. The van der Waals surface area contributed by atoms with Crippen LogP contribution in [0.15, 0.2) is 39.7 Å². The van der Waals surface area contributed by atoms with E-state index in [0.717, 1.165) is 11.6 Å². The lowest BCUT2D eigenvalue weighted by atomic mass is 10.3. The first kappa shape index (κ1) is 15.3. The van der Waals surface area contributed by atoms with Crippen molar-refractivity contribution in [3.63, 3.8) is 0 Å². The van der Waals surface area contributed by atoms with Crippen molar-refractivity contribution in [2.75, 3.05) is 13.1 Å². The zero-order valence-corrected chi connectivity index (χ0v) is 12.7. The Morgan fingerprint density at radius 2 is 2.11 bits per heavy atom. The Labute approximate surface area is 115 Å². The van der Waals surface area contributed by atoms with E-state index in [1.165, 1.54) is 16.4 Å². The van der Waals surface area contributed by atoms with Gasteiger partial charge in [-0.1, -0.05) is 19.1 Å². The van der Waals surface area contributed by atoms with E-state index >= 15 is 0 Å². The second-order valence-corrected chi connectivity index (χ2v) is 6.76. The third-order valence-corrected chi connectivity index (χ3v) is 4.89. The third kappa shape index (κ3) is 3.40. The minimum absolute atomic E-state index is 0.0497. The van der Waals surface area contributed by atoms with Crippen molar-refractivity contribution < 1.29 is 12.8 Å². The first-order valence-corrected chi connectivity index (χ1v) is 7.62. The van der Waals surface area contributed by atoms with Crippen molar-refractivity contribution in [3.05, 3.63) is 40.6 Å². The molecule has 6 heteroatoms. The molecule has 0 aliphatic rings. The van der Waals surface area contributed by atoms with Gasteiger partial charge in [0.25, 0.3) is 0 Å². The number of rotatable bonds is 5. The van der Waals surface area contributed by atoms with Crippen molar-refractivity contribution in [3.8, 4) is 0 Å². The molecule has 18 heavy (non-hydrogen) atoms. The Bertz CT molecular complexity index is 557. The number of benzene rings is 1. The van der Waals surface area contributed by atoms with Crippen molar-refractivity contribution in [2.45, 2.75) is 18.7 Å². The maximum Gasteiger partial charge on any atom is 0.243 e. The molecule has 0 amide bonds. The molecule has 0 aliphatic carbocycles. The molecule has 1 aromatic carbocycles. The first-order valence-electron chi connectivity index (χ1n) is 5.38. The molecule has 1 rings (SSSR count). The molecule has 0 bridgehead atoms. The smallest absolute Gasteiger partial charge is 0.207 e. The Morgan fingerprint density at radius 1 is 1.50 bits per heavy atom. The predicted molar refractivity (Wildman–Crippen MR) is 73.3 cm³/mol. The lowest BCUT2D eigenvalue weighted by molar-refractivity contribution is 0.452. The van der Waals surface area contributed by atoms with Gasteiger partial charge in [-0.15, -0.1) is 0 Å². The molecule has 0 unspecified atom stereocenters. The SMILES string of the molecule is C=C(C)CN(CC)S(=O)(=O)c1ccc(Br)c(F)c1. The van der Waals surface area contributed by atoms with Crippen LogP contribution in [0.1, 0.15) is 13.8 Å². The van der Waals surface area contributed by atoms with Crippen molar-refractivity contribution in [1.29, 1.82) is 0 Å². The van der Waals surface area contributed by atoms with Gasteiger partial charge in [0.2, 0.25) is 10.0 Å². The molecule has 1 aromatic rings. The van der Waals surface area contributed by atoms with Crippen LogP contribution in [0, 0.1) is 5.82 Å². The Morgan fingerprint density at radius 3 is 2.56 bits per heavy atom. The summed E-state index contributed by atoms with van der Waals surface area (Å²) in [6.07, 6.45) is 0. The topological polar surface area (TPSA) is 37.4 Å². The molecule has 0 fully saturated rings. The summed E-state index contributed by atoms with van der Waals surface area (Å²) >= 11 is 2.99. The Kier molecular flexibility index (Phi) is 5.07. The maximum absolute atomic E-state index is 13.4. The van der Waals surface area contributed by atoms with Gasteiger partial charge in [0.05, 0.1) is 9.37 Å². The fourth-order valence-corrected chi connectivity index (χ4v) is 3.22. The number of hydrogen-bond donors (Lipinski definition) is 0. The molecular weight excluding hydrogens is 321 g/mol. The van der Waals surface area contributed by atoms with Crippen LogP contribution in [0.5, 0.6) is 0 Å². The molecule has 0 aromatic heterocycles. The van der Waals surface area contributed by atoms with Gasteiger partial charge in [-0.2, -0.15) is 4.31 Å². The predicted octanol–water partition coefficient (Wildman–Crippen LogP) is 3.17. The maximum atomic E-state index is 13.4. The van der Waals surface area contributed by atoms with Gasteiger partial charge in [-0.05, 0) is 41.1 Å². The average molecular weight is 336 g/mol. The van der Waals surface area contributed by atoms with Crippen LogP contribution in [-0.2, 0) is 10.0 Å². The summed E-state index contributed by atoms with van der Waals surface area (Å²) in [6, 6.07) is 3.78. The van der Waals surface area contributed by atoms with Gasteiger partial charge >= 0.3 is 0 Å². The van der Waals surface area contributed by atoms with Crippen LogP contribution < -0.4 is 0 Å². The number of sulfonamides is 1. The van der Waals surface area contributed by atoms with Crippen LogP contribution in [-0.4, -0.2) is 25.8 Å². The van der Waals surface area contributed by atoms with E-state index in [4.69, 9.17) is 0 Å². The number of nitrogens with zero attached hydrogens (tertiary/aromatic N) is 1. The van der Waals surface area contributed by atoms with Crippen LogP contribution >= 0.6 is 15.9 Å².